The van der Waals surface area contributed by atoms with Crippen LogP contribution in [0, 0.1) is 5.41 Å². The number of rotatable bonds is 4. The molecule has 1 heterocycles. The van der Waals surface area contributed by atoms with E-state index in [-0.39, 0.29) is 16.7 Å². The summed E-state index contributed by atoms with van der Waals surface area (Å²) < 4.78 is 1.16. The highest BCUT2D eigenvalue weighted by molar-refractivity contribution is 5.97. The van der Waals surface area contributed by atoms with Crippen molar-refractivity contribution < 1.29 is 9.59 Å². The molecule has 3 rings (SSSR count). The van der Waals surface area contributed by atoms with Crippen LogP contribution in [0.2, 0.25) is 0 Å². The molecule has 3 N–H and O–H groups in total. The van der Waals surface area contributed by atoms with Gasteiger partial charge in [-0.05, 0) is 49.3 Å². The van der Waals surface area contributed by atoms with Crippen LogP contribution < -0.4 is 16.6 Å². The molecule has 142 valence electrons. The van der Waals surface area contributed by atoms with Gasteiger partial charge in [0.05, 0.1) is 5.69 Å². The highest BCUT2D eigenvalue weighted by Crippen LogP contribution is 2.40. The van der Waals surface area contributed by atoms with E-state index >= 15 is 0 Å². The van der Waals surface area contributed by atoms with E-state index in [1.807, 2.05) is 6.07 Å². The van der Waals surface area contributed by atoms with Gasteiger partial charge in [0.15, 0.2) is 0 Å². The molecular weight excluding hydrogens is 344 g/mol. The Balaban J connectivity index is 1.88. The van der Waals surface area contributed by atoms with Crippen molar-refractivity contribution in [3.05, 3.63) is 58.5 Å². The second-order valence-electron chi connectivity index (χ2n) is 7.87. The molecule has 0 unspecified atom stereocenters. The summed E-state index contributed by atoms with van der Waals surface area (Å²) in [4.78, 5) is 37.0. The summed E-state index contributed by atoms with van der Waals surface area (Å²) in [5, 5.41) is 6.96. The van der Waals surface area contributed by atoms with E-state index in [2.05, 4.69) is 24.3 Å². The van der Waals surface area contributed by atoms with Crippen molar-refractivity contribution in [2.75, 3.05) is 0 Å². The van der Waals surface area contributed by atoms with Crippen molar-refractivity contribution in [3.8, 4) is 5.69 Å². The summed E-state index contributed by atoms with van der Waals surface area (Å²) in [6.07, 6.45) is 2.54. The molecule has 0 radical (unpaired) electrons. The average Bonchev–Trinajstić information content (AvgIpc) is 2.64. The Hall–Kier alpha value is -2.96. The predicted molar refractivity (Wildman–Crippen MR) is 101 cm³/mol. The third kappa shape index (κ3) is 3.92. The SMILES string of the molecule is CC1(C)CCC(NC(=O)c2ccc(=O)n(-c3ccccc3)n2)(C(N)=O)CC1. The standard InChI is InChI=1S/C20H24N4O3/c1-19(2)10-12-20(13-11-19,18(21)27)22-17(26)15-8-9-16(25)24(23-15)14-6-4-3-5-7-14/h3-9H,10-13H2,1-2H3,(H2,21,27)(H,22,26). The average molecular weight is 368 g/mol. The van der Waals surface area contributed by atoms with Crippen LogP contribution in [0.4, 0.5) is 0 Å². The van der Waals surface area contributed by atoms with Gasteiger partial charge in [-0.3, -0.25) is 14.4 Å². The zero-order valence-electron chi connectivity index (χ0n) is 15.6. The van der Waals surface area contributed by atoms with Gasteiger partial charge in [0.1, 0.15) is 11.2 Å². The summed E-state index contributed by atoms with van der Waals surface area (Å²) in [6, 6.07) is 11.5. The van der Waals surface area contributed by atoms with Gasteiger partial charge >= 0.3 is 0 Å². The van der Waals surface area contributed by atoms with Gasteiger partial charge in [-0.25, -0.2) is 0 Å². The number of carbonyl (C=O) groups excluding carboxylic acids is 2. The molecule has 1 fully saturated rings. The van der Waals surface area contributed by atoms with Gasteiger partial charge in [0.2, 0.25) is 5.91 Å². The number of primary amides is 1. The Labute approximate surface area is 157 Å². The summed E-state index contributed by atoms with van der Waals surface area (Å²) in [7, 11) is 0. The lowest BCUT2D eigenvalue weighted by molar-refractivity contribution is -0.126. The number of hydrogen-bond acceptors (Lipinski definition) is 4. The van der Waals surface area contributed by atoms with E-state index in [0.717, 1.165) is 17.5 Å². The van der Waals surface area contributed by atoms with Gasteiger partial charge in [-0.2, -0.15) is 9.78 Å². The van der Waals surface area contributed by atoms with Gasteiger partial charge in [-0.15, -0.1) is 0 Å². The largest absolute Gasteiger partial charge is 0.368 e. The first-order valence-corrected chi connectivity index (χ1v) is 9.01. The second kappa shape index (κ2) is 6.98. The van der Waals surface area contributed by atoms with Gasteiger partial charge in [-0.1, -0.05) is 32.0 Å². The molecule has 7 nitrogen and oxygen atoms in total. The Morgan fingerprint density at radius 3 is 2.26 bits per heavy atom. The monoisotopic (exact) mass is 368 g/mol. The van der Waals surface area contributed by atoms with Crippen LogP contribution in [-0.2, 0) is 4.79 Å². The fraction of sp³-hybridized carbons (Fsp3) is 0.400. The first kappa shape index (κ1) is 18.8. The van der Waals surface area contributed by atoms with Crippen molar-refractivity contribution in [2.24, 2.45) is 11.1 Å². The van der Waals surface area contributed by atoms with E-state index in [9.17, 15) is 14.4 Å². The Bertz CT molecular complexity index is 908. The number of nitrogens with two attached hydrogens (primary N) is 1. The fourth-order valence-electron chi connectivity index (χ4n) is 3.35. The number of hydrogen-bond donors (Lipinski definition) is 2. The zero-order valence-corrected chi connectivity index (χ0v) is 15.6. The lowest BCUT2D eigenvalue weighted by atomic mass is 9.69. The van der Waals surface area contributed by atoms with Gasteiger partial charge in [0, 0.05) is 6.07 Å². The van der Waals surface area contributed by atoms with Crippen molar-refractivity contribution in [1.82, 2.24) is 15.1 Å². The molecule has 0 bridgehead atoms. The summed E-state index contributed by atoms with van der Waals surface area (Å²) in [5.74, 6) is -1.05. The summed E-state index contributed by atoms with van der Waals surface area (Å²) in [5.41, 5.74) is 4.94. The van der Waals surface area contributed by atoms with E-state index in [0.29, 0.717) is 18.5 Å². The maximum atomic E-state index is 12.8. The molecule has 0 aliphatic heterocycles. The summed E-state index contributed by atoms with van der Waals surface area (Å²) in [6.45, 7) is 4.27. The number of nitrogens with zero attached hydrogens (tertiary/aromatic N) is 2. The molecule has 27 heavy (non-hydrogen) atoms. The fourth-order valence-corrected chi connectivity index (χ4v) is 3.35. The number of amides is 2. The molecule has 1 aromatic heterocycles. The first-order valence-electron chi connectivity index (χ1n) is 9.01. The normalized spacial score (nSPS) is 17.9. The molecule has 2 amide bonds. The van der Waals surface area contributed by atoms with Crippen LogP contribution in [0.3, 0.4) is 0 Å². The summed E-state index contributed by atoms with van der Waals surface area (Å²) >= 11 is 0. The third-order valence-corrected chi connectivity index (χ3v) is 5.32. The minimum absolute atomic E-state index is 0.0592. The number of nitrogens with one attached hydrogen (secondary N) is 1. The van der Waals surface area contributed by atoms with Crippen molar-refractivity contribution >= 4 is 11.8 Å². The van der Waals surface area contributed by atoms with Crippen molar-refractivity contribution in [3.63, 3.8) is 0 Å². The van der Waals surface area contributed by atoms with Crippen LogP contribution >= 0.6 is 0 Å². The molecule has 1 aliphatic carbocycles. The zero-order chi connectivity index (χ0) is 19.7. The second-order valence-corrected chi connectivity index (χ2v) is 7.87. The van der Waals surface area contributed by atoms with Crippen LogP contribution in [0.25, 0.3) is 5.69 Å². The number of para-hydroxylation sites is 1. The van der Waals surface area contributed by atoms with E-state index < -0.39 is 17.4 Å². The maximum Gasteiger partial charge on any atom is 0.272 e. The number of benzene rings is 1. The lowest BCUT2D eigenvalue weighted by Gasteiger charge is -2.41. The van der Waals surface area contributed by atoms with Crippen molar-refractivity contribution in [2.45, 2.75) is 45.1 Å². The van der Waals surface area contributed by atoms with E-state index in [1.165, 1.54) is 12.1 Å². The molecule has 1 aliphatic rings. The Morgan fingerprint density at radius 2 is 1.67 bits per heavy atom. The van der Waals surface area contributed by atoms with Crippen LogP contribution in [-0.4, -0.2) is 27.1 Å². The minimum atomic E-state index is -1.08. The quantitative estimate of drug-likeness (QED) is 0.858. The van der Waals surface area contributed by atoms with E-state index in [1.54, 1.807) is 24.3 Å². The lowest BCUT2D eigenvalue weighted by Crippen LogP contribution is -2.60. The molecular formula is C20H24N4O3. The topological polar surface area (TPSA) is 107 Å². The molecule has 0 atom stereocenters. The highest BCUT2D eigenvalue weighted by atomic mass is 16.2. The van der Waals surface area contributed by atoms with Gasteiger partial charge in [0.25, 0.3) is 11.5 Å². The molecule has 0 spiro atoms. The highest BCUT2D eigenvalue weighted by Gasteiger charge is 2.44. The Kier molecular flexibility index (Phi) is 4.87. The molecule has 7 heteroatoms. The predicted octanol–water partition coefficient (Wildman–Crippen LogP) is 1.79. The van der Waals surface area contributed by atoms with Gasteiger partial charge < -0.3 is 11.1 Å². The number of carbonyl (C=O) groups is 2. The molecule has 1 saturated carbocycles. The smallest absolute Gasteiger partial charge is 0.272 e. The minimum Gasteiger partial charge on any atom is -0.368 e. The third-order valence-electron chi connectivity index (χ3n) is 5.32. The number of aromatic nitrogens is 2. The first-order chi connectivity index (χ1) is 12.7. The van der Waals surface area contributed by atoms with Crippen molar-refractivity contribution in [1.29, 1.82) is 0 Å². The van der Waals surface area contributed by atoms with Crippen LogP contribution in [0.5, 0.6) is 0 Å². The van der Waals surface area contributed by atoms with E-state index in [4.69, 9.17) is 5.73 Å². The van der Waals surface area contributed by atoms with Crippen LogP contribution in [0.1, 0.15) is 50.0 Å². The molecule has 0 saturated heterocycles. The molecule has 1 aromatic carbocycles. The molecule has 2 aromatic rings. The Morgan fingerprint density at radius 1 is 1.04 bits per heavy atom. The van der Waals surface area contributed by atoms with Crippen LogP contribution in [0.15, 0.2) is 47.3 Å². The maximum absolute atomic E-state index is 12.8.